The van der Waals surface area contributed by atoms with Crippen molar-refractivity contribution < 1.29 is 6.21 Å². The lowest BCUT2D eigenvalue weighted by atomic mass is 9.92. The monoisotopic (exact) mass is 176 g/mol. The zero-order valence-electron chi connectivity index (χ0n) is 8.44. The zero-order chi connectivity index (χ0) is 9.97. The molecule has 1 N–H and O–H groups in total. The summed E-state index contributed by atoms with van der Waals surface area (Å²) in [6, 6.07) is 10.1. The van der Waals surface area contributed by atoms with Gasteiger partial charge in [0, 0.05) is 18.9 Å². The highest BCUT2D eigenvalue weighted by Crippen LogP contribution is 2.22. The lowest BCUT2D eigenvalue weighted by Gasteiger charge is -2.22. The summed E-state index contributed by atoms with van der Waals surface area (Å²) in [5.41, 5.74) is 1.23. The van der Waals surface area contributed by atoms with Gasteiger partial charge >= 0.3 is 0 Å². The lowest BCUT2D eigenvalue weighted by Crippen LogP contribution is -2.33. The Labute approximate surface area is 79.4 Å². The van der Waals surface area contributed by atoms with E-state index in [0.29, 0.717) is 18.9 Å². The third kappa shape index (κ3) is 1.89. The summed E-state index contributed by atoms with van der Waals surface area (Å²) in [6.45, 7) is 0.531. The van der Waals surface area contributed by atoms with Crippen LogP contribution in [0.5, 0.6) is 0 Å². The molecule has 0 radical (unpaired) electrons. The minimum Gasteiger partial charge on any atom is -0.355 e. The van der Waals surface area contributed by atoms with Crippen LogP contribution in [-0.2, 0) is 4.79 Å². The smallest absolute Gasteiger partial charge is 0.220 e. The first kappa shape index (κ1) is 7.13. The molecule has 2 heteroatoms. The van der Waals surface area contributed by atoms with Gasteiger partial charge in [-0.2, -0.15) is 0 Å². The highest BCUT2D eigenvalue weighted by molar-refractivity contribution is 5.76. The predicted molar refractivity (Wildman–Crippen MR) is 51.4 cm³/mol. The predicted octanol–water partition coefficient (Wildman–Crippen LogP) is 1.68. The Bertz CT molecular complexity index is 325. The highest BCUT2D eigenvalue weighted by Gasteiger charge is 2.18. The summed E-state index contributed by atoms with van der Waals surface area (Å²) in [5, 5.41) is 1.08. The fraction of sp³-hybridized carbons (Fsp3) is 0.364. The van der Waals surface area contributed by atoms with Crippen molar-refractivity contribution in [2.24, 2.45) is 0 Å². The van der Waals surface area contributed by atoms with Crippen molar-refractivity contribution in [1.82, 2.24) is 5.31 Å². The normalized spacial score (nSPS) is 24.3. The van der Waals surface area contributed by atoms with Crippen molar-refractivity contribution in [2.45, 2.75) is 18.8 Å². The molecule has 1 heterocycles. The second-order valence-corrected chi connectivity index (χ2v) is 3.38. The molecule has 0 spiro atoms. The molecular weight excluding hydrogens is 162 g/mol. The second kappa shape index (κ2) is 3.60. The average Bonchev–Trinajstić information content (AvgIpc) is 2.23. The maximum Gasteiger partial charge on any atom is 0.220 e. The van der Waals surface area contributed by atoms with E-state index in [1.807, 2.05) is 18.2 Å². The van der Waals surface area contributed by atoms with Crippen LogP contribution in [0.3, 0.4) is 0 Å². The van der Waals surface area contributed by atoms with Crippen LogP contribution in [0.1, 0.15) is 24.3 Å². The number of rotatable bonds is 1. The van der Waals surface area contributed by atoms with Gasteiger partial charge in [-0.1, -0.05) is 30.3 Å². The fourth-order valence-electron chi connectivity index (χ4n) is 1.68. The molecule has 0 saturated carbocycles. The summed E-state index contributed by atoms with van der Waals surface area (Å²) in [4.78, 5) is 11.1. The van der Waals surface area contributed by atoms with Crippen LogP contribution in [0.2, 0.25) is 1.41 Å². The lowest BCUT2D eigenvalue weighted by molar-refractivity contribution is -0.122. The van der Waals surface area contributed by atoms with E-state index in [2.05, 4.69) is 12.1 Å². The molecule has 2 rings (SSSR count). The molecule has 1 aliphatic heterocycles. The summed E-state index contributed by atoms with van der Waals surface area (Å²) < 4.78 is 7.44. The minimum atomic E-state index is -0.0582. The minimum absolute atomic E-state index is 0.0582. The number of hydrogen-bond donors (Lipinski definition) is 1. The van der Waals surface area contributed by atoms with Gasteiger partial charge in [0.1, 0.15) is 0 Å². The molecule has 13 heavy (non-hydrogen) atoms. The summed E-state index contributed by atoms with van der Waals surface area (Å²) >= 11 is 0. The number of amides is 1. The van der Waals surface area contributed by atoms with Gasteiger partial charge in [-0.3, -0.25) is 4.79 Å². The van der Waals surface area contributed by atoms with E-state index in [-0.39, 0.29) is 5.91 Å². The number of carbonyl (C=O) groups is 1. The largest absolute Gasteiger partial charge is 0.355 e. The van der Waals surface area contributed by atoms with Crippen molar-refractivity contribution in [3.05, 3.63) is 35.9 Å². The Balaban J connectivity index is 2.11. The number of nitrogens with one attached hydrogen (secondary N) is 1. The molecule has 2 nitrogen and oxygen atoms in total. The highest BCUT2D eigenvalue weighted by atomic mass is 16.1. The van der Waals surface area contributed by atoms with Crippen molar-refractivity contribution >= 4 is 5.91 Å². The van der Waals surface area contributed by atoms with Gasteiger partial charge in [0.15, 0.2) is 1.41 Å². The Hall–Kier alpha value is -1.31. The molecule has 1 aliphatic rings. The Morgan fingerprint density at radius 2 is 2.15 bits per heavy atom. The molecule has 0 aromatic heterocycles. The van der Waals surface area contributed by atoms with E-state index in [0.717, 1.165) is 11.7 Å². The zero-order valence-corrected chi connectivity index (χ0v) is 7.44. The second-order valence-electron chi connectivity index (χ2n) is 3.38. The van der Waals surface area contributed by atoms with E-state index in [9.17, 15) is 4.79 Å². The van der Waals surface area contributed by atoms with Crippen LogP contribution >= 0.6 is 0 Å². The van der Waals surface area contributed by atoms with Gasteiger partial charge in [-0.05, 0) is 12.0 Å². The third-order valence-electron chi connectivity index (χ3n) is 2.47. The summed E-state index contributed by atoms with van der Waals surface area (Å²) in [7, 11) is 0. The first-order valence-electron chi connectivity index (χ1n) is 5.06. The Morgan fingerprint density at radius 1 is 1.38 bits per heavy atom. The van der Waals surface area contributed by atoms with Crippen LogP contribution in [0.4, 0.5) is 0 Å². The van der Waals surface area contributed by atoms with Gasteiger partial charge < -0.3 is 5.31 Å². The van der Waals surface area contributed by atoms with Crippen LogP contribution in [0, 0.1) is 0 Å². The average molecular weight is 176 g/mol. The maximum atomic E-state index is 11.1. The molecule has 1 saturated heterocycles. The molecule has 0 aliphatic carbocycles. The van der Waals surface area contributed by atoms with E-state index in [1.165, 1.54) is 5.56 Å². The van der Waals surface area contributed by atoms with Gasteiger partial charge in [0.2, 0.25) is 5.91 Å². The molecule has 1 aromatic carbocycles. The molecule has 1 atom stereocenters. The van der Waals surface area contributed by atoms with Crippen LogP contribution < -0.4 is 5.31 Å². The quantitative estimate of drug-likeness (QED) is 0.693. The topological polar surface area (TPSA) is 29.1 Å². The SMILES string of the molecule is [2H]N1CC(c2ccccc2)CCC1=O. The molecule has 1 unspecified atom stereocenters. The van der Waals surface area contributed by atoms with E-state index < -0.39 is 0 Å². The molecular formula is C11H13NO. The molecule has 1 fully saturated rings. The van der Waals surface area contributed by atoms with Crippen molar-refractivity contribution in [3.63, 3.8) is 0 Å². The van der Waals surface area contributed by atoms with Crippen molar-refractivity contribution in [2.75, 3.05) is 6.54 Å². The van der Waals surface area contributed by atoms with Crippen molar-refractivity contribution in [3.8, 4) is 0 Å². The standard InChI is InChI=1S/C11H13NO/c13-11-7-6-10(8-12-11)9-4-2-1-3-5-9/h1-5,10H,6-8H2,(H,12,13)/i/hD. The first-order chi connectivity index (χ1) is 6.77. The van der Waals surface area contributed by atoms with Crippen molar-refractivity contribution in [1.29, 1.82) is 0 Å². The number of hydrogen-bond acceptors (Lipinski definition) is 1. The molecule has 68 valence electrons. The van der Waals surface area contributed by atoms with E-state index >= 15 is 0 Å². The van der Waals surface area contributed by atoms with Crippen LogP contribution in [0.15, 0.2) is 30.3 Å². The maximum absolute atomic E-state index is 11.1. The number of benzene rings is 1. The number of piperidine rings is 1. The molecule has 1 amide bonds. The van der Waals surface area contributed by atoms with Gasteiger partial charge in [-0.15, -0.1) is 0 Å². The number of carbonyl (C=O) groups excluding carboxylic acids is 1. The van der Waals surface area contributed by atoms with Crippen LogP contribution in [0.25, 0.3) is 0 Å². The van der Waals surface area contributed by atoms with Gasteiger partial charge in [0.05, 0.1) is 0 Å². The molecule has 0 bridgehead atoms. The summed E-state index contributed by atoms with van der Waals surface area (Å²) in [6.07, 6.45) is 1.38. The van der Waals surface area contributed by atoms with Gasteiger partial charge in [-0.25, -0.2) is 0 Å². The molecule has 1 aromatic rings. The Kier molecular flexibility index (Phi) is 1.98. The summed E-state index contributed by atoms with van der Waals surface area (Å²) in [5.74, 6) is 0.281. The van der Waals surface area contributed by atoms with E-state index in [4.69, 9.17) is 1.41 Å². The first-order valence-corrected chi connectivity index (χ1v) is 4.61. The van der Waals surface area contributed by atoms with Gasteiger partial charge in [0.25, 0.3) is 0 Å². The fourth-order valence-corrected chi connectivity index (χ4v) is 1.68. The Morgan fingerprint density at radius 3 is 2.85 bits per heavy atom. The third-order valence-corrected chi connectivity index (χ3v) is 2.47. The van der Waals surface area contributed by atoms with E-state index in [1.54, 1.807) is 0 Å². The van der Waals surface area contributed by atoms with Crippen LogP contribution in [-0.4, -0.2) is 12.5 Å².